The molecule has 0 spiro atoms. The van der Waals surface area contributed by atoms with Gasteiger partial charge in [0.25, 0.3) is 0 Å². The van der Waals surface area contributed by atoms with Crippen LogP contribution >= 0.6 is 0 Å². The van der Waals surface area contributed by atoms with Crippen LogP contribution in [0.3, 0.4) is 0 Å². The van der Waals surface area contributed by atoms with Crippen molar-refractivity contribution in [1.82, 2.24) is 15.1 Å². The van der Waals surface area contributed by atoms with Crippen molar-refractivity contribution in [3.8, 4) is 0 Å². The molecule has 1 N–H and O–H groups in total. The summed E-state index contributed by atoms with van der Waals surface area (Å²) in [5.41, 5.74) is -0.600. The van der Waals surface area contributed by atoms with E-state index in [-0.39, 0.29) is 23.5 Å². The van der Waals surface area contributed by atoms with Gasteiger partial charge < -0.3 is 19.9 Å². The summed E-state index contributed by atoms with van der Waals surface area (Å²) < 4.78 is 5.55. The Hall–Kier alpha value is -1.56. The van der Waals surface area contributed by atoms with Crippen molar-refractivity contribution < 1.29 is 14.3 Å². The number of hydrogen-bond donors (Lipinski definition) is 1. The first-order chi connectivity index (χ1) is 11.4. The highest BCUT2D eigenvalue weighted by Gasteiger charge is 2.41. The van der Waals surface area contributed by atoms with E-state index in [1.807, 2.05) is 45.8 Å². The van der Waals surface area contributed by atoms with E-state index in [9.17, 15) is 9.59 Å². The number of carbonyl (C=O) groups is 2. The molecule has 1 atom stereocenters. The molecule has 1 fully saturated rings. The van der Waals surface area contributed by atoms with Crippen molar-refractivity contribution in [3.05, 3.63) is 12.2 Å². The third-order valence-electron chi connectivity index (χ3n) is 4.34. The zero-order valence-electron chi connectivity index (χ0n) is 16.9. The first-order valence-electron chi connectivity index (χ1n) is 9.01. The lowest BCUT2D eigenvalue weighted by molar-refractivity contribution is -0.117. The lowest BCUT2D eigenvalue weighted by Crippen LogP contribution is -2.57. The highest BCUT2D eigenvalue weighted by Crippen LogP contribution is 2.35. The van der Waals surface area contributed by atoms with Crippen LogP contribution < -0.4 is 5.32 Å². The quantitative estimate of drug-likeness (QED) is 0.772. The molecule has 1 saturated heterocycles. The number of rotatable bonds is 5. The fourth-order valence-electron chi connectivity index (χ4n) is 3.00. The van der Waals surface area contributed by atoms with Gasteiger partial charge in [-0.3, -0.25) is 4.79 Å². The lowest BCUT2D eigenvalue weighted by Gasteiger charge is -2.46. The summed E-state index contributed by atoms with van der Waals surface area (Å²) in [7, 11) is 3.90. The van der Waals surface area contributed by atoms with Gasteiger partial charge in [0.2, 0.25) is 5.91 Å². The average Bonchev–Trinajstić information content (AvgIpc) is 2.42. The molecule has 0 radical (unpaired) electrons. The van der Waals surface area contributed by atoms with E-state index in [1.165, 1.54) is 0 Å². The highest BCUT2D eigenvalue weighted by molar-refractivity contribution is 5.87. The molecule has 0 aromatic carbocycles. The number of likely N-dealkylation sites (N-methyl/N-ethyl adjacent to an activating group) is 1. The van der Waals surface area contributed by atoms with E-state index in [2.05, 4.69) is 19.2 Å². The Labute approximate surface area is 152 Å². The minimum Gasteiger partial charge on any atom is -0.444 e. The van der Waals surface area contributed by atoms with E-state index in [1.54, 1.807) is 11.0 Å². The Morgan fingerprint density at radius 3 is 2.52 bits per heavy atom. The molecule has 0 aromatic heterocycles. The van der Waals surface area contributed by atoms with Crippen molar-refractivity contribution >= 4 is 12.0 Å². The number of amides is 2. The topological polar surface area (TPSA) is 61.9 Å². The molecule has 1 aliphatic heterocycles. The first-order valence-corrected chi connectivity index (χ1v) is 9.01. The van der Waals surface area contributed by atoms with Crippen LogP contribution in [-0.2, 0) is 9.53 Å². The molecule has 0 aliphatic carbocycles. The molecule has 6 heteroatoms. The van der Waals surface area contributed by atoms with Gasteiger partial charge in [-0.25, -0.2) is 4.79 Å². The Balaban J connectivity index is 2.74. The van der Waals surface area contributed by atoms with Crippen LogP contribution in [0.5, 0.6) is 0 Å². The number of nitrogens with one attached hydrogen (secondary N) is 1. The average molecular weight is 354 g/mol. The summed E-state index contributed by atoms with van der Waals surface area (Å²) in [6.07, 6.45) is 5.03. The summed E-state index contributed by atoms with van der Waals surface area (Å²) in [5, 5.41) is 2.94. The van der Waals surface area contributed by atoms with Crippen LogP contribution in [0.4, 0.5) is 4.79 Å². The van der Waals surface area contributed by atoms with E-state index < -0.39 is 5.60 Å². The van der Waals surface area contributed by atoms with Gasteiger partial charge in [-0.05, 0) is 53.1 Å². The lowest BCUT2D eigenvalue weighted by atomic mass is 9.76. The number of carbonyl (C=O) groups excluding carboxylic acids is 2. The molecule has 1 rings (SSSR count). The maximum absolute atomic E-state index is 12.6. The SMILES string of the molecule is CN(C)C/C=C/C(=O)NCC1N(C(=O)OC(C)(C)C)CCCC1(C)C. The molecule has 1 unspecified atom stereocenters. The monoisotopic (exact) mass is 353 g/mol. The third kappa shape index (κ3) is 7.46. The summed E-state index contributed by atoms with van der Waals surface area (Å²) in [4.78, 5) is 28.4. The first kappa shape index (κ1) is 21.5. The zero-order valence-corrected chi connectivity index (χ0v) is 16.9. The van der Waals surface area contributed by atoms with Crippen molar-refractivity contribution in [2.75, 3.05) is 33.7 Å². The predicted octanol–water partition coefficient (Wildman–Crippen LogP) is 2.65. The number of hydrogen-bond acceptors (Lipinski definition) is 4. The summed E-state index contributed by atoms with van der Waals surface area (Å²) >= 11 is 0. The molecule has 6 nitrogen and oxygen atoms in total. The second kappa shape index (κ2) is 8.70. The van der Waals surface area contributed by atoms with Gasteiger partial charge in [0.1, 0.15) is 5.60 Å². The van der Waals surface area contributed by atoms with Crippen molar-refractivity contribution in [3.63, 3.8) is 0 Å². The molecule has 0 aromatic rings. The van der Waals surface area contributed by atoms with E-state index >= 15 is 0 Å². The van der Waals surface area contributed by atoms with Gasteiger partial charge in [0.15, 0.2) is 0 Å². The molecule has 1 aliphatic rings. The van der Waals surface area contributed by atoms with Crippen molar-refractivity contribution in [2.24, 2.45) is 5.41 Å². The fraction of sp³-hybridized carbons (Fsp3) is 0.789. The minimum atomic E-state index is -0.526. The van der Waals surface area contributed by atoms with Gasteiger partial charge in [0, 0.05) is 25.7 Å². The molecular weight excluding hydrogens is 318 g/mol. The number of piperidine rings is 1. The van der Waals surface area contributed by atoms with Crippen molar-refractivity contribution in [1.29, 1.82) is 0 Å². The number of ether oxygens (including phenoxy) is 1. The molecule has 144 valence electrons. The van der Waals surface area contributed by atoms with Gasteiger partial charge >= 0.3 is 6.09 Å². The molecule has 2 amide bonds. The smallest absolute Gasteiger partial charge is 0.410 e. The number of nitrogens with zero attached hydrogens (tertiary/aromatic N) is 2. The standard InChI is InChI=1S/C19H35N3O3/c1-18(2,3)25-17(24)22-13-9-11-19(4,5)15(22)14-20-16(23)10-8-12-21(6)7/h8,10,15H,9,11-14H2,1-7H3,(H,20,23)/b10-8+. The van der Waals surface area contributed by atoms with Crippen LogP contribution in [0, 0.1) is 5.41 Å². The molecule has 25 heavy (non-hydrogen) atoms. The molecule has 0 saturated carbocycles. The Morgan fingerprint density at radius 2 is 1.96 bits per heavy atom. The molecule has 1 heterocycles. The van der Waals surface area contributed by atoms with Crippen molar-refractivity contribution in [2.45, 2.75) is 59.1 Å². The van der Waals surface area contributed by atoms with Gasteiger partial charge in [-0.2, -0.15) is 0 Å². The largest absolute Gasteiger partial charge is 0.444 e. The second-order valence-corrected chi connectivity index (χ2v) is 8.69. The molecule has 0 bridgehead atoms. The van der Waals surface area contributed by atoms with Gasteiger partial charge in [-0.15, -0.1) is 0 Å². The highest BCUT2D eigenvalue weighted by atomic mass is 16.6. The Bertz CT molecular complexity index is 493. The minimum absolute atomic E-state index is 0.0736. The second-order valence-electron chi connectivity index (χ2n) is 8.69. The zero-order chi connectivity index (χ0) is 19.3. The normalized spacial score (nSPS) is 20.8. The third-order valence-corrected chi connectivity index (χ3v) is 4.34. The van der Waals surface area contributed by atoms with E-state index in [4.69, 9.17) is 4.74 Å². The number of likely N-dealkylation sites (tertiary alicyclic amines) is 1. The predicted molar refractivity (Wildman–Crippen MR) is 100 cm³/mol. The Morgan fingerprint density at radius 1 is 1.32 bits per heavy atom. The fourth-order valence-corrected chi connectivity index (χ4v) is 3.00. The van der Waals surface area contributed by atoms with Crippen LogP contribution in [0.2, 0.25) is 0 Å². The Kier molecular flexibility index (Phi) is 7.47. The summed E-state index contributed by atoms with van der Waals surface area (Å²) in [6, 6.07) is -0.0812. The van der Waals surface area contributed by atoms with Crippen LogP contribution in [0.15, 0.2) is 12.2 Å². The maximum atomic E-state index is 12.6. The van der Waals surface area contributed by atoms with Crippen LogP contribution in [0.1, 0.15) is 47.5 Å². The van der Waals surface area contributed by atoms with Gasteiger partial charge in [0.05, 0.1) is 6.04 Å². The van der Waals surface area contributed by atoms with Gasteiger partial charge in [-0.1, -0.05) is 19.9 Å². The molecular formula is C19H35N3O3. The van der Waals surface area contributed by atoms with Crippen LogP contribution in [-0.4, -0.2) is 67.2 Å². The maximum Gasteiger partial charge on any atom is 0.410 e. The summed E-state index contributed by atoms with van der Waals surface area (Å²) in [6.45, 7) is 11.7. The van der Waals surface area contributed by atoms with E-state index in [0.717, 1.165) is 12.8 Å². The van der Waals surface area contributed by atoms with Crippen LogP contribution in [0.25, 0.3) is 0 Å². The summed E-state index contributed by atoms with van der Waals surface area (Å²) in [5.74, 6) is -0.132. The van der Waals surface area contributed by atoms with E-state index in [0.29, 0.717) is 19.6 Å².